The Bertz CT molecular complexity index is 1000. The van der Waals surface area contributed by atoms with E-state index in [-0.39, 0.29) is 16.9 Å². The Kier molecular flexibility index (Phi) is 4.38. The number of para-hydroxylation sites is 1. The number of nitrogens with zero attached hydrogens (tertiary/aromatic N) is 1. The highest BCUT2D eigenvalue weighted by Gasteiger charge is 2.47. The van der Waals surface area contributed by atoms with Gasteiger partial charge in [-0.3, -0.25) is 4.79 Å². The first-order valence-electron chi connectivity index (χ1n) is 9.89. The summed E-state index contributed by atoms with van der Waals surface area (Å²) in [6.45, 7) is 8.78. The Morgan fingerprint density at radius 1 is 0.821 bits per heavy atom. The molecular weight excluding hydrogens is 342 g/mol. The van der Waals surface area contributed by atoms with E-state index in [1.807, 2.05) is 41.3 Å². The van der Waals surface area contributed by atoms with Crippen LogP contribution in [-0.2, 0) is 5.41 Å². The minimum Gasteiger partial charge on any atom is -0.302 e. The van der Waals surface area contributed by atoms with Crippen LogP contribution in [0, 0.1) is 6.92 Å². The van der Waals surface area contributed by atoms with E-state index in [4.69, 9.17) is 0 Å². The summed E-state index contributed by atoms with van der Waals surface area (Å²) in [5, 5.41) is 0. The van der Waals surface area contributed by atoms with Gasteiger partial charge in [-0.15, -0.1) is 0 Å². The monoisotopic (exact) mass is 369 g/mol. The quantitative estimate of drug-likeness (QED) is 0.532. The predicted octanol–water partition coefficient (Wildman–Crippen LogP) is 6.13. The minimum atomic E-state index is -0.319. The van der Waals surface area contributed by atoms with Crippen molar-refractivity contribution in [1.29, 1.82) is 0 Å². The maximum absolute atomic E-state index is 13.5. The molecule has 0 saturated heterocycles. The van der Waals surface area contributed by atoms with Crippen molar-refractivity contribution in [2.75, 3.05) is 4.90 Å². The molecule has 0 spiro atoms. The zero-order chi connectivity index (χ0) is 19.9. The molecule has 0 radical (unpaired) electrons. The fraction of sp³-hybridized carbons (Fsp3) is 0.269. The van der Waals surface area contributed by atoms with Crippen LogP contribution < -0.4 is 4.90 Å². The third-order valence-corrected chi connectivity index (χ3v) is 6.04. The number of benzene rings is 3. The summed E-state index contributed by atoms with van der Waals surface area (Å²) in [5.74, 6) is 0.0593. The standard InChI is InChI=1S/C26H27NO/c1-19-14-16-21(17-15-19)26(4)18-25(2,3)27(23-13-9-8-12-22(23)26)24(28)20-10-6-5-7-11-20/h5-17H,18H2,1-4H3/t26-/m0/s1. The molecule has 1 atom stereocenters. The normalized spacial score (nSPS) is 20.5. The minimum absolute atomic E-state index is 0.0593. The predicted molar refractivity (Wildman–Crippen MR) is 116 cm³/mol. The summed E-state index contributed by atoms with van der Waals surface area (Å²) in [4.78, 5) is 15.5. The van der Waals surface area contributed by atoms with Crippen LogP contribution in [0.25, 0.3) is 0 Å². The van der Waals surface area contributed by atoms with E-state index in [1.54, 1.807) is 0 Å². The molecule has 28 heavy (non-hydrogen) atoms. The zero-order valence-electron chi connectivity index (χ0n) is 17.1. The lowest BCUT2D eigenvalue weighted by Gasteiger charge is -2.51. The van der Waals surface area contributed by atoms with Gasteiger partial charge in [-0.25, -0.2) is 0 Å². The molecule has 0 aliphatic carbocycles. The zero-order valence-corrected chi connectivity index (χ0v) is 17.1. The third kappa shape index (κ3) is 2.93. The second-order valence-corrected chi connectivity index (χ2v) is 8.71. The largest absolute Gasteiger partial charge is 0.302 e. The van der Waals surface area contributed by atoms with E-state index in [9.17, 15) is 4.79 Å². The molecule has 0 N–H and O–H groups in total. The van der Waals surface area contributed by atoms with E-state index < -0.39 is 0 Å². The highest BCUT2D eigenvalue weighted by atomic mass is 16.2. The first kappa shape index (κ1) is 18.5. The SMILES string of the molecule is Cc1ccc([C@]2(C)CC(C)(C)N(C(=O)c3ccccc3)c3ccccc32)cc1. The highest BCUT2D eigenvalue weighted by Crippen LogP contribution is 2.50. The first-order valence-corrected chi connectivity index (χ1v) is 9.89. The number of hydrogen-bond donors (Lipinski definition) is 0. The van der Waals surface area contributed by atoms with Crippen molar-refractivity contribution in [3.63, 3.8) is 0 Å². The van der Waals surface area contributed by atoms with Crippen LogP contribution in [0.4, 0.5) is 5.69 Å². The number of carbonyl (C=O) groups is 1. The molecule has 4 rings (SSSR count). The summed E-state index contributed by atoms with van der Waals surface area (Å²) < 4.78 is 0. The molecule has 0 unspecified atom stereocenters. The number of anilines is 1. The number of carbonyl (C=O) groups excluding carboxylic acids is 1. The van der Waals surface area contributed by atoms with Gasteiger partial charge in [0, 0.05) is 22.2 Å². The second kappa shape index (κ2) is 6.63. The highest BCUT2D eigenvalue weighted by molar-refractivity contribution is 6.08. The van der Waals surface area contributed by atoms with Crippen LogP contribution in [0.3, 0.4) is 0 Å². The summed E-state index contributed by atoms with van der Waals surface area (Å²) in [6, 6.07) is 26.8. The Morgan fingerprint density at radius 2 is 1.43 bits per heavy atom. The summed E-state index contributed by atoms with van der Waals surface area (Å²) >= 11 is 0. The average molecular weight is 370 g/mol. The van der Waals surface area contributed by atoms with Crippen LogP contribution in [-0.4, -0.2) is 11.4 Å². The van der Waals surface area contributed by atoms with E-state index in [0.29, 0.717) is 0 Å². The van der Waals surface area contributed by atoms with Gasteiger partial charge in [-0.05, 0) is 56.5 Å². The van der Waals surface area contributed by atoms with E-state index >= 15 is 0 Å². The molecule has 2 heteroatoms. The lowest BCUT2D eigenvalue weighted by atomic mass is 9.65. The van der Waals surface area contributed by atoms with E-state index in [2.05, 4.69) is 70.2 Å². The molecular formula is C26H27NO. The number of fused-ring (bicyclic) bond motifs is 1. The van der Waals surface area contributed by atoms with Gasteiger partial charge >= 0.3 is 0 Å². The Labute approximate surface area is 167 Å². The van der Waals surface area contributed by atoms with E-state index in [1.165, 1.54) is 16.7 Å². The molecule has 1 aliphatic heterocycles. The van der Waals surface area contributed by atoms with Crippen LogP contribution in [0.2, 0.25) is 0 Å². The van der Waals surface area contributed by atoms with Gasteiger partial charge in [-0.2, -0.15) is 0 Å². The Morgan fingerprint density at radius 3 is 2.11 bits per heavy atom. The summed E-state index contributed by atoms with van der Waals surface area (Å²) in [6.07, 6.45) is 0.860. The summed E-state index contributed by atoms with van der Waals surface area (Å²) in [7, 11) is 0. The molecule has 0 bridgehead atoms. The van der Waals surface area contributed by atoms with Crippen LogP contribution in [0.1, 0.15) is 54.2 Å². The lowest BCUT2D eigenvalue weighted by molar-refractivity contribution is 0.0948. The van der Waals surface area contributed by atoms with Crippen molar-refractivity contribution < 1.29 is 4.79 Å². The van der Waals surface area contributed by atoms with Gasteiger partial charge in [0.15, 0.2) is 0 Å². The molecule has 1 heterocycles. The molecule has 142 valence electrons. The van der Waals surface area contributed by atoms with Gasteiger partial charge in [0.1, 0.15) is 0 Å². The van der Waals surface area contributed by atoms with Gasteiger partial charge in [0.05, 0.1) is 0 Å². The van der Waals surface area contributed by atoms with Crippen LogP contribution in [0.5, 0.6) is 0 Å². The Hall–Kier alpha value is -2.87. The number of aryl methyl sites for hydroxylation is 1. The molecule has 3 aromatic rings. The second-order valence-electron chi connectivity index (χ2n) is 8.71. The van der Waals surface area contributed by atoms with Crippen LogP contribution in [0.15, 0.2) is 78.9 Å². The van der Waals surface area contributed by atoms with Gasteiger partial charge in [0.25, 0.3) is 5.91 Å². The summed E-state index contributed by atoms with van der Waals surface area (Å²) in [5.41, 5.74) is 5.03. The van der Waals surface area contributed by atoms with Crippen molar-refractivity contribution >= 4 is 11.6 Å². The third-order valence-electron chi connectivity index (χ3n) is 6.04. The number of hydrogen-bond acceptors (Lipinski definition) is 1. The van der Waals surface area contributed by atoms with Crippen molar-refractivity contribution in [3.05, 3.63) is 101 Å². The molecule has 1 amide bonds. The van der Waals surface area contributed by atoms with Gasteiger partial charge in [0.2, 0.25) is 0 Å². The molecule has 0 saturated carbocycles. The maximum Gasteiger partial charge on any atom is 0.258 e. The van der Waals surface area contributed by atoms with E-state index in [0.717, 1.165) is 17.7 Å². The Balaban J connectivity index is 1.89. The first-order chi connectivity index (χ1) is 13.3. The molecule has 0 aromatic heterocycles. The molecule has 2 nitrogen and oxygen atoms in total. The van der Waals surface area contributed by atoms with Gasteiger partial charge in [-0.1, -0.05) is 73.2 Å². The molecule has 0 fully saturated rings. The number of rotatable bonds is 2. The fourth-order valence-electron chi connectivity index (χ4n) is 4.77. The van der Waals surface area contributed by atoms with Crippen LogP contribution >= 0.6 is 0 Å². The number of amides is 1. The van der Waals surface area contributed by atoms with Gasteiger partial charge < -0.3 is 4.90 Å². The topological polar surface area (TPSA) is 20.3 Å². The van der Waals surface area contributed by atoms with Crippen molar-refractivity contribution in [1.82, 2.24) is 0 Å². The molecule has 3 aromatic carbocycles. The van der Waals surface area contributed by atoms with Crippen molar-refractivity contribution in [2.24, 2.45) is 0 Å². The molecule has 1 aliphatic rings. The van der Waals surface area contributed by atoms with Crippen molar-refractivity contribution in [3.8, 4) is 0 Å². The average Bonchev–Trinajstić information content (AvgIpc) is 2.68. The maximum atomic E-state index is 13.5. The smallest absolute Gasteiger partial charge is 0.258 e. The lowest BCUT2D eigenvalue weighted by Crippen LogP contribution is -2.55. The van der Waals surface area contributed by atoms with Crippen molar-refractivity contribution in [2.45, 2.75) is 45.1 Å². The fourth-order valence-corrected chi connectivity index (χ4v) is 4.77.